The number of para-hydroxylation sites is 1. The van der Waals surface area contributed by atoms with Crippen molar-refractivity contribution in [2.75, 3.05) is 5.32 Å². The summed E-state index contributed by atoms with van der Waals surface area (Å²) in [5, 5.41) is 2.75. The highest BCUT2D eigenvalue weighted by Crippen LogP contribution is 2.23. The Hall–Kier alpha value is -2.03. The molecule has 0 aromatic heterocycles. The number of amides is 1. The fraction of sp³-hybridized carbons (Fsp3) is 0.353. The highest BCUT2D eigenvalue weighted by Gasteiger charge is 2.25. The standard InChI is InChI=1S/C17H21NO2/c1-17(13-9-4-2-3-5-10-14-17)20-16(19)18-15-11-7-6-8-12-15/h2,4,6-9,11-13H,3,5,10,14H2,1H3,(H,18,19)/b4-2-,13-9-/t17-/m1/s1. The number of ether oxygens (including phenoxy) is 1. The van der Waals surface area contributed by atoms with Gasteiger partial charge in [-0.05, 0) is 50.8 Å². The van der Waals surface area contributed by atoms with Crippen molar-refractivity contribution in [2.45, 2.75) is 38.2 Å². The number of benzene rings is 1. The summed E-state index contributed by atoms with van der Waals surface area (Å²) in [6.07, 6.45) is 11.8. The van der Waals surface area contributed by atoms with Crippen LogP contribution >= 0.6 is 0 Å². The van der Waals surface area contributed by atoms with Crippen LogP contribution in [-0.4, -0.2) is 11.7 Å². The van der Waals surface area contributed by atoms with Crippen molar-refractivity contribution in [1.82, 2.24) is 0 Å². The van der Waals surface area contributed by atoms with Crippen molar-refractivity contribution in [3.05, 3.63) is 54.6 Å². The Morgan fingerprint density at radius 1 is 1.20 bits per heavy atom. The van der Waals surface area contributed by atoms with Crippen molar-refractivity contribution < 1.29 is 9.53 Å². The third kappa shape index (κ3) is 4.57. The van der Waals surface area contributed by atoms with Gasteiger partial charge in [-0.1, -0.05) is 36.4 Å². The first kappa shape index (κ1) is 14.4. The summed E-state index contributed by atoms with van der Waals surface area (Å²) >= 11 is 0. The number of carbonyl (C=O) groups excluding carboxylic acids is 1. The topological polar surface area (TPSA) is 38.3 Å². The largest absolute Gasteiger partial charge is 0.439 e. The van der Waals surface area contributed by atoms with E-state index in [9.17, 15) is 4.79 Å². The molecule has 1 aliphatic carbocycles. The van der Waals surface area contributed by atoms with Crippen LogP contribution in [0.4, 0.5) is 10.5 Å². The fourth-order valence-corrected chi connectivity index (χ4v) is 2.22. The maximum Gasteiger partial charge on any atom is 0.412 e. The number of hydrogen-bond donors (Lipinski definition) is 1. The molecule has 20 heavy (non-hydrogen) atoms. The lowest BCUT2D eigenvalue weighted by atomic mass is 9.98. The molecule has 0 heterocycles. The van der Waals surface area contributed by atoms with E-state index in [1.165, 1.54) is 0 Å². The third-order valence-corrected chi connectivity index (χ3v) is 3.34. The van der Waals surface area contributed by atoms with Crippen molar-refractivity contribution in [3.8, 4) is 0 Å². The van der Waals surface area contributed by atoms with E-state index in [1.807, 2.05) is 55.5 Å². The molecule has 1 amide bonds. The zero-order chi connectivity index (χ0) is 14.3. The van der Waals surface area contributed by atoms with Crippen molar-refractivity contribution in [2.24, 2.45) is 0 Å². The molecule has 0 saturated heterocycles. The first-order valence-corrected chi connectivity index (χ1v) is 7.07. The highest BCUT2D eigenvalue weighted by atomic mass is 16.6. The average Bonchev–Trinajstić information content (AvgIpc) is 2.52. The molecule has 0 aliphatic heterocycles. The summed E-state index contributed by atoms with van der Waals surface area (Å²) in [7, 11) is 0. The van der Waals surface area contributed by atoms with E-state index in [2.05, 4.69) is 11.4 Å². The fourth-order valence-electron chi connectivity index (χ4n) is 2.22. The lowest BCUT2D eigenvalue weighted by Crippen LogP contribution is -2.31. The number of carbonyl (C=O) groups is 1. The molecule has 1 aromatic rings. The zero-order valence-corrected chi connectivity index (χ0v) is 11.8. The minimum Gasteiger partial charge on any atom is -0.439 e. The lowest BCUT2D eigenvalue weighted by Gasteiger charge is -2.26. The van der Waals surface area contributed by atoms with E-state index in [0.717, 1.165) is 31.4 Å². The molecule has 1 atom stereocenters. The quantitative estimate of drug-likeness (QED) is 0.848. The van der Waals surface area contributed by atoms with Crippen LogP contribution in [0, 0.1) is 0 Å². The van der Waals surface area contributed by atoms with Gasteiger partial charge in [-0.15, -0.1) is 0 Å². The van der Waals surface area contributed by atoms with Gasteiger partial charge >= 0.3 is 6.09 Å². The molecule has 3 nitrogen and oxygen atoms in total. The van der Waals surface area contributed by atoms with Gasteiger partial charge in [-0.2, -0.15) is 0 Å². The predicted octanol–water partition coefficient (Wildman–Crippen LogP) is 4.68. The normalized spacial score (nSPS) is 25.6. The highest BCUT2D eigenvalue weighted by molar-refractivity contribution is 5.84. The van der Waals surface area contributed by atoms with Gasteiger partial charge in [0.25, 0.3) is 0 Å². The molecule has 106 valence electrons. The minimum absolute atomic E-state index is 0.411. The van der Waals surface area contributed by atoms with E-state index in [1.54, 1.807) is 0 Å². The summed E-state index contributed by atoms with van der Waals surface area (Å²) < 4.78 is 5.60. The van der Waals surface area contributed by atoms with Crippen LogP contribution in [0.25, 0.3) is 0 Å². The predicted molar refractivity (Wildman–Crippen MR) is 81.7 cm³/mol. The van der Waals surface area contributed by atoms with Crippen LogP contribution in [0.15, 0.2) is 54.6 Å². The molecule has 0 radical (unpaired) electrons. The number of anilines is 1. The second kappa shape index (κ2) is 6.94. The Labute approximate surface area is 120 Å². The number of hydrogen-bond acceptors (Lipinski definition) is 2. The van der Waals surface area contributed by atoms with Gasteiger partial charge in [0.15, 0.2) is 0 Å². The number of allylic oxidation sites excluding steroid dienone is 3. The lowest BCUT2D eigenvalue weighted by molar-refractivity contribution is 0.0627. The first-order chi connectivity index (χ1) is 9.68. The number of rotatable bonds is 2. The van der Waals surface area contributed by atoms with Crippen molar-refractivity contribution in [3.63, 3.8) is 0 Å². The van der Waals surface area contributed by atoms with E-state index >= 15 is 0 Å². The summed E-state index contributed by atoms with van der Waals surface area (Å²) in [5.41, 5.74) is 0.195. The van der Waals surface area contributed by atoms with Gasteiger partial charge in [0, 0.05) is 5.69 Å². The Kier molecular flexibility index (Phi) is 4.99. The molecule has 1 aliphatic rings. The van der Waals surface area contributed by atoms with E-state index < -0.39 is 11.7 Å². The maximum absolute atomic E-state index is 12.0. The zero-order valence-electron chi connectivity index (χ0n) is 11.8. The van der Waals surface area contributed by atoms with Crippen LogP contribution in [-0.2, 0) is 4.74 Å². The Balaban J connectivity index is 1.97. The van der Waals surface area contributed by atoms with E-state index in [0.29, 0.717) is 0 Å². The molecule has 1 aromatic carbocycles. The molecular formula is C17H21NO2. The first-order valence-electron chi connectivity index (χ1n) is 7.07. The Morgan fingerprint density at radius 3 is 2.80 bits per heavy atom. The monoisotopic (exact) mass is 271 g/mol. The van der Waals surface area contributed by atoms with Crippen LogP contribution in [0.5, 0.6) is 0 Å². The van der Waals surface area contributed by atoms with Gasteiger partial charge in [-0.25, -0.2) is 4.79 Å². The van der Waals surface area contributed by atoms with Crippen molar-refractivity contribution in [1.29, 1.82) is 0 Å². The minimum atomic E-state index is -0.548. The van der Waals surface area contributed by atoms with Gasteiger partial charge in [-0.3, -0.25) is 5.32 Å². The summed E-state index contributed by atoms with van der Waals surface area (Å²) in [5.74, 6) is 0. The molecule has 0 saturated carbocycles. The number of nitrogens with one attached hydrogen (secondary N) is 1. The second-order valence-corrected chi connectivity index (χ2v) is 5.23. The molecule has 0 unspecified atom stereocenters. The van der Waals surface area contributed by atoms with Gasteiger partial charge in [0.1, 0.15) is 5.60 Å². The van der Waals surface area contributed by atoms with Crippen LogP contribution < -0.4 is 5.32 Å². The Bertz CT molecular complexity index is 493. The molecular weight excluding hydrogens is 250 g/mol. The maximum atomic E-state index is 12.0. The van der Waals surface area contributed by atoms with Gasteiger partial charge in [0.2, 0.25) is 0 Å². The smallest absolute Gasteiger partial charge is 0.412 e. The second-order valence-electron chi connectivity index (χ2n) is 5.23. The molecule has 1 N–H and O–H groups in total. The molecule has 2 rings (SSSR count). The molecule has 0 spiro atoms. The third-order valence-electron chi connectivity index (χ3n) is 3.34. The van der Waals surface area contributed by atoms with Gasteiger partial charge in [0.05, 0.1) is 0 Å². The average molecular weight is 271 g/mol. The van der Waals surface area contributed by atoms with Crippen LogP contribution in [0.3, 0.4) is 0 Å². The summed E-state index contributed by atoms with van der Waals surface area (Å²) in [6, 6.07) is 9.34. The van der Waals surface area contributed by atoms with Crippen molar-refractivity contribution >= 4 is 11.8 Å². The Morgan fingerprint density at radius 2 is 2.00 bits per heavy atom. The molecule has 0 bridgehead atoms. The molecule has 0 fully saturated rings. The van der Waals surface area contributed by atoms with E-state index in [4.69, 9.17) is 4.74 Å². The van der Waals surface area contributed by atoms with Gasteiger partial charge < -0.3 is 4.74 Å². The molecule has 3 heteroatoms. The van der Waals surface area contributed by atoms with Crippen LogP contribution in [0.2, 0.25) is 0 Å². The summed E-state index contributed by atoms with van der Waals surface area (Å²) in [6.45, 7) is 1.95. The summed E-state index contributed by atoms with van der Waals surface area (Å²) in [4.78, 5) is 12.0. The van der Waals surface area contributed by atoms with E-state index in [-0.39, 0.29) is 0 Å². The SMILES string of the molecule is C[C@@]1(OC(=O)Nc2ccccc2)/C=C\C=C/CCCC1. The van der Waals surface area contributed by atoms with Crippen LogP contribution in [0.1, 0.15) is 32.6 Å².